The number of nitrogens with two attached hydrogens (primary N) is 1. The number of nitrogen functional groups attached to an aromatic ring is 1. The van der Waals surface area contributed by atoms with Gasteiger partial charge in [0.15, 0.2) is 0 Å². The third-order valence-electron chi connectivity index (χ3n) is 2.19. The molecule has 0 unspecified atom stereocenters. The van der Waals surface area contributed by atoms with E-state index in [1.807, 2.05) is 13.1 Å². The number of hydrogen-bond donors (Lipinski definition) is 2. The molecule has 0 aliphatic heterocycles. The molecule has 14 heavy (non-hydrogen) atoms. The number of fused-ring (bicyclic) bond motifs is 1. The van der Waals surface area contributed by atoms with Crippen LogP contribution in [0.15, 0.2) is 30.5 Å². The summed E-state index contributed by atoms with van der Waals surface area (Å²) in [5, 5.41) is 5.38. The molecule has 2 rings (SSSR count). The summed E-state index contributed by atoms with van der Waals surface area (Å²) in [5.74, 6) is 0.569. The molecule has 1 heterocycles. The van der Waals surface area contributed by atoms with E-state index in [2.05, 4.69) is 28.5 Å². The van der Waals surface area contributed by atoms with E-state index < -0.39 is 0 Å². The van der Waals surface area contributed by atoms with Crippen LogP contribution in [0.2, 0.25) is 0 Å². The summed E-state index contributed by atoms with van der Waals surface area (Å²) in [5.41, 5.74) is 6.88. The number of rotatable bonds is 2. The molecule has 0 radical (unpaired) electrons. The lowest BCUT2D eigenvalue weighted by atomic mass is 10.1. The van der Waals surface area contributed by atoms with Gasteiger partial charge in [-0.25, -0.2) is 4.98 Å². The van der Waals surface area contributed by atoms with Crippen molar-refractivity contribution in [1.29, 1.82) is 0 Å². The maximum Gasteiger partial charge on any atom is 0.123 e. The number of nitrogens with one attached hydrogen (secondary N) is 1. The molecule has 0 amide bonds. The topological polar surface area (TPSA) is 50.9 Å². The molecule has 1 aromatic heterocycles. The molecular weight excluding hydrogens is 174 g/mol. The smallest absolute Gasteiger partial charge is 0.123 e. The van der Waals surface area contributed by atoms with Gasteiger partial charge in [0.05, 0.1) is 0 Å². The van der Waals surface area contributed by atoms with E-state index in [1.165, 1.54) is 5.56 Å². The molecule has 2 aromatic rings. The lowest BCUT2D eigenvalue weighted by Crippen LogP contribution is -2.04. The largest absolute Gasteiger partial charge is 0.384 e. The summed E-state index contributed by atoms with van der Waals surface area (Å²) in [7, 11) is 1.94. The molecule has 72 valence electrons. The van der Waals surface area contributed by atoms with Gasteiger partial charge in [-0.2, -0.15) is 0 Å². The van der Waals surface area contributed by atoms with Crippen LogP contribution in [-0.4, -0.2) is 12.0 Å². The molecular formula is C11H13N3. The number of anilines is 1. The molecule has 1 aromatic carbocycles. The minimum Gasteiger partial charge on any atom is -0.384 e. The van der Waals surface area contributed by atoms with E-state index in [9.17, 15) is 0 Å². The van der Waals surface area contributed by atoms with Crippen LogP contribution in [0.25, 0.3) is 10.8 Å². The number of benzene rings is 1. The number of hydrogen-bond acceptors (Lipinski definition) is 3. The average molecular weight is 187 g/mol. The second kappa shape index (κ2) is 3.64. The third-order valence-corrected chi connectivity index (χ3v) is 2.19. The first-order valence-electron chi connectivity index (χ1n) is 4.58. The Kier molecular flexibility index (Phi) is 2.33. The van der Waals surface area contributed by atoms with Crippen molar-refractivity contribution in [2.45, 2.75) is 6.54 Å². The predicted molar refractivity (Wildman–Crippen MR) is 58.9 cm³/mol. The molecule has 0 bridgehead atoms. The van der Waals surface area contributed by atoms with Gasteiger partial charge in [0, 0.05) is 18.1 Å². The number of aromatic nitrogens is 1. The van der Waals surface area contributed by atoms with Crippen LogP contribution < -0.4 is 11.1 Å². The normalized spacial score (nSPS) is 10.6. The van der Waals surface area contributed by atoms with Gasteiger partial charge in [0.1, 0.15) is 5.82 Å². The SMILES string of the molecule is CNCc1ccc2cnc(N)cc2c1. The fraction of sp³-hybridized carbons (Fsp3) is 0.182. The first-order valence-corrected chi connectivity index (χ1v) is 4.58. The van der Waals surface area contributed by atoms with Crippen molar-refractivity contribution < 1.29 is 0 Å². The standard InChI is InChI=1S/C11H13N3/c1-13-6-8-2-3-9-7-14-11(12)5-10(9)4-8/h2-5,7,13H,6H2,1H3,(H2,12,14). The average Bonchev–Trinajstić information content (AvgIpc) is 2.17. The maximum absolute atomic E-state index is 5.62. The maximum atomic E-state index is 5.62. The van der Waals surface area contributed by atoms with Crippen molar-refractivity contribution in [1.82, 2.24) is 10.3 Å². The summed E-state index contributed by atoms with van der Waals surface area (Å²) < 4.78 is 0. The second-order valence-corrected chi connectivity index (χ2v) is 3.32. The van der Waals surface area contributed by atoms with Crippen molar-refractivity contribution in [3.8, 4) is 0 Å². The van der Waals surface area contributed by atoms with E-state index in [0.29, 0.717) is 5.82 Å². The minimum absolute atomic E-state index is 0.569. The molecule has 0 saturated heterocycles. The zero-order chi connectivity index (χ0) is 9.97. The molecule has 0 spiro atoms. The van der Waals surface area contributed by atoms with Crippen LogP contribution in [0.1, 0.15) is 5.56 Å². The summed E-state index contributed by atoms with van der Waals surface area (Å²) in [6, 6.07) is 8.18. The van der Waals surface area contributed by atoms with Crippen LogP contribution in [-0.2, 0) is 6.54 Å². The van der Waals surface area contributed by atoms with Gasteiger partial charge in [-0.3, -0.25) is 0 Å². The van der Waals surface area contributed by atoms with Gasteiger partial charge in [0.25, 0.3) is 0 Å². The number of nitrogens with zero attached hydrogens (tertiary/aromatic N) is 1. The Hall–Kier alpha value is -1.61. The monoisotopic (exact) mass is 187 g/mol. The quantitative estimate of drug-likeness (QED) is 0.749. The van der Waals surface area contributed by atoms with Crippen molar-refractivity contribution in [2.75, 3.05) is 12.8 Å². The van der Waals surface area contributed by atoms with Gasteiger partial charge >= 0.3 is 0 Å². The fourth-order valence-electron chi connectivity index (χ4n) is 1.52. The Labute approximate surface area is 83.0 Å². The molecule has 0 aliphatic carbocycles. The molecule has 3 heteroatoms. The molecule has 0 saturated carbocycles. The Bertz CT molecular complexity index is 451. The molecule has 0 aliphatic rings. The number of pyridine rings is 1. The highest BCUT2D eigenvalue weighted by Crippen LogP contribution is 2.16. The van der Waals surface area contributed by atoms with Gasteiger partial charge in [-0.15, -0.1) is 0 Å². The van der Waals surface area contributed by atoms with E-state index in [-0.39, 0.29) is 0 Å². The molecule has 3 nitrogen and oxygen atoms in total. The van der Waals surface area contributed by atoms with E-state index in [4.69, 9.17) is 5.73 Å². The van der Waals surface area contributed by atoms with E-state index >= 15 is 0 Å². The Morgan fingerprint density at radius 2 is 2.14 bits per heavy atom. The Morgan fingerprint density at radius 3 is 2.93 bits per heavy atom. The predicted octanol–water partition coefficient (Wildman–Crippen LogP) is 1.54. The fourth-order valence-corrected chi connectivity index (χ4v) is 1.52. The van der Waals surface area contributed by atoms with Crippen LogP contribution in [0.3, 0.4) is 0 Å². The molecule has 3 N–H and O–H groups in total. The molecule has 0 fully saturated rings. The van der Waals surface area contributed by atoms with Crippen LogP contribution in [0.5, 0.6) is 0 Å². The van der Waals surface area contributed by atoms with Gasteiger partial charge in [0.2, 0.25) is 0 Å². The third kappa shape index (κ3) is 1.67. The summed E-state index contributed by atoms with van der Waals surface area (Å²) in [4.78, 5) is 4.05. The lowest BCUT2D eigenvalue weighted by molar-refractivity contribution is 0.819. The van der Waals surface area contributed by atoms with Gasteiger partial charge in [-0.1, -0.05) is 12.1 Å². The van der Waals surface area contributed by atoms with E-state index in [1.54, 1.807) is 6.20 Å². The first kappa shape index (κ1) is 8.97. The van der Waals surface area contributed by atoms with Crippen molar-refractivity contribution in [3.63, 3.8) is 0 Å². The summed E-state index contributed by atoms with van der Waals surface area (Å²) in [6.07, 6.45) is 1.80. The van der Waals surface area contributed by atoms with Gasteiger partial charge < -0.3 is 11.1 Å². The highest BCUT2D eigenvalue weighted by Gasteiger charge is 1.96. The Balaban J connectivity index is 2.52. The second-order valence-electron chi connectivity index (χ2n) is 3.32. The van der Waals surface area contributed by atoms with Crippen molar-refractivity contribution in [3.05, 3.63) is 36.0 Å². The van der Waals surface area contributed by atoms with Crippen molar-refractivity contribution in [2.24, 2.45) is 0 Å². The van der Waals surface area contributed by atoms with Crippen molar-refractivity contribution >= 4 is 16.6 Å². The summed E-state index contributed by atoms with van der Waals surface area (Å²) in [6.45, 7) is 0.873. The van der Waals surface area contributed by atoms with Crippen LogP contribution in [0.4, 0.5) is 5.82 Å². The zero-order valence-corrected chi connectivity index (χ0v) is 8.12. The summed E-state index contributed by atoms with van der Waals surface area (Å²) >= 11 is 0. The lowest BCUT2D eigenvalue weighted by Gasteiger charge is -2.03. The van der Waals surface area contributed by atoms with E-state index in [0.717, 1.165) is 17.3 Å². The Morgan fingerprint density at radius 1 is 1.29 bits per heavy atom. The molecule has 0 atom stereocenters. The van der Waals surface area contributed by atoms with Crippen LogP contribution >= 0.6 is 0 Å². The van der Waals surface area contributed by atoms with Crippen LogP contribution in [0, 0.1) is 0 Å². The van der Waals surface area contributed by atoms with Gasteiger partial charge in [-0.05, 0) is 30.1 Å². The first-order chi connectivity index (χ1) is 6.79. The highest BCUT2D eigenvalue weighted by atomic mass is 14.8. The zero-order valence-electron chi connectivity index (χ0n) is 8.12. The minimum atomic E-state index is 0.569. The highest BCUT2D eigenvalue weighted by molar-refractivity contribution is 5.84.